The third-order valence-corrected chi connectivity index (χ3v) is 6.11. The van der Waals surface area contributed by atoms with Gasteiger partial charge in [-0.3, -0.25) is 4.79 Å². The zero-order valence-electron chi connectivity index (χ0n) is 14.0. The van der Waals surface area contributed by atoms with E-state index in [1.54, 1.807) is 18.7 Å². The van der Waals surface area contributed by atoms with E-state index in [1.807, 2.05) is 0 Å². The van der Waals surface area contributed by atoms with Crippen LogP contribution in [0.1, 0.15) is 30.7 Å². The summed E-state index contributed by atoms with van der Waals surface area (Å²) in [5.74, 6) is 0.328. The largest absolute Gasteiger partial charge is 0.360 e. The molecule has 24 heavy (non-hydrogen) atoms. The van der Waals surface area contributed by atoms with Crippen LogP contribution in [0.2, 0.25) is 0 Å². The van der Waals surface area contributed by atoms with Crippen molar-refractivity contribution in [1.82, 2.24) is 14.4 Å². The van der Waals surface area contributed by atoms with E-state index in [4.69, 9.17) is 10.3 Å². The van der Waals surface area contributed by atoms with Crippen LogP contribution < -0.4 is 5.73 Å². The van der Waals surface area contributed by atoms with E-state index in [9.17, 15) is 13.2 Å². The van der Waals surface area contributed by atoms with Gasteiger partial charge in [-0.05, 0) is 33.2 Å². The molecule has 2 N–H and O–H groups in total. The van der Waals surface area contributed by atoms with Crippen molar-refractivity contribution in [1.29, 1.82) is 0 Å². The van der Waals surface area contributed by atoms with Gasteiger partial charge in [0.05, 0.1) is 0 Å². The second kappa shape index (κ2) is 8.80. The molecule has 1 saturated heterocycles. The highest BCUT2D eigenvalue weighted by Crippen LogP contribution is 2.24. The summed E-state index contributed by atoms with van der Waals surface area (Å²) in [6.07, 6.45) is 1.67. The number of nitrogens with zero attached hydrogens (tertiary/aromatic N) is 3. The lowest BCUT2D eigenvalue weighted by atomic mass is 10.2. The highest BCUT2D eigenvalue weighted by atomic mass is 35.5. The van der Waals surface area contributed by atoms with Crippen LogP contribution in [0.4, 0.5) is 0 Å². The highest BCUT2D eigenvalue weighted by Gasteiger charge is 2.32. The van der Waals surface area contributed by atoms with Crippen molar-refractivity contribution in [3.8, 4) is 0 Å². The summed E-state index contributed by atoms with van der Waals surface area (Å²) >= 11 is 0. The number of carbonyl (C=O) groups excluding carboxylic acids is 1. The number of rotatable bonds is 5. The van der Waals surface area contributed by atoms with Crippen LogP contribution in [-0.4, -0.2) is 61.4 Å². The normalized spacial score (nSPS) is 16.5. The predicted octanol–water partition coefficient (Wildman–Crippen LogP) is 0.675. The summed E-state index contributed by atoms with van der Waals surface area (Å²) in [5, 5.41) is 3.72. The summed E-state index contributed by atoms with van der Waals surface area (Å²) in [6.45, 7) is 5.31. The Morgan fingerprint density at radius 3 is 2.54 bits per heavy atom. The molecule has 1 aromatic heterocycles. The molecule has 1 aliphatic rings. The maximum Gasteiger partial charge on any atom is 0.248 e. The van der Waals surface area contributed by atoms with Crippen LogP contribution >= 0.6 is 12.4 Å². The molecular formula is C14H25ClN4O4S. The number of sulfonamides is 1. The maximum absolute atomic E-state index is 12.8. The molecule has 2 rings (SSSR count). The quantitative estimate of drug-likeness (QED) is 0.804. The molecule has 8 nitrogen and oxygen atoms in total. The molecule has 1 amide bonds. The number of amides is 1. The van der Waals surface area contributed by atoms with Gasteiger partial charge < -0.3 is 15.2 Å². The first-order valence-corrected chi connectivity index (χ1v) is 9.22. The van der Waals surface area contributed by atoms with Crippen molar-refractivity contribution in [3.05, 3.63) is 11.5 Å². The van der Waals surface area contributed by atoms with Gasteiger partial charge in [0, 0.05) is 32.6 Å². The standard InChI is InChI=1S/C14H24N4O4S.ClH/c1-11-14(12(2)22-16-11)23(20,21)18-8-4-7-17(9-10-18)13(19)5-3-6-15;/h3-10,15H2,1-2H3;1H. The van der Waals surface area contributed by atoms with Gasteiger partial charge in [-0.1, -0.05) is 5.16 Å². The number of aryl methyl sites for hydroxylation is 2. The Bertz CT molecular complexity index is 642. The lowest BCUT2D eigenvalue weighted by Crippen LogP contribution is -2.37. The Morgan fingerprint density at radius 1 is 1.25 bits per heavy atom. The summed E-state index contributed by atoms with van der Waals surface area (Å²) in [4.78, 5) is 13.9. The minimum absolute atomic E-state index is 0. The lowest BCUT2D eigenvalue weighted by Gasteiger charge is -2.21. The number of nitrogens with two attached hydrogens (primary N) is 1. The van der Waals surface area contributed by atoms with Gasteiger partial charge in [-0.25, -0.2) is 8.42 Å². The molecule has 10 heteroatoms. The second-order valence-electron chi connectivity index (χ2n) is 5.68. The molecule has 0 saturated carbocycles. The third-order valence-electron chi connectivity index (χ3n) is 3.97. The first-order valence-electron chi connectivity index (χ1n) is 7.78. The van der Waals surface area contributed by atoms with Crippen molar-refractivity contribution >= 4 is 28.3 Å². The van der Waals surface area contributed by atoms with E-state index in [1.165, 1.54) is 4.31 Å². The van der Waals surface area contributed by atoms with Gasteiger partial charge >= 0.3 is 0 Å². The molecular weight excluding hydrogens is 356 g/mol. The predicted molar refractivity (Wildman–Crippen MR) is 91.5 cm³/mol. The SMILES string of the molecule is Cc1noc(C)c1S(=O)(=O)N1CCCN(C(=O)CCCN)CC1.Cl. The zero-order valence-corrected chi connectivity index (χ0v) is 15.7. The molecule has 0 radical (unpaired) electrons. The highest BCUT2D eigenvalue weighted by molar-refractivity contribution is 7.89. The van der Waals surface area contributed by atoms with Gasteiger partial charge in [0.15, 0.2) is 5.76 Å². The van der Waals surface area contributed by atoms with Crippen LogP contribution in [0, 0.1) is 13.8 Å². The van der Waals surface area contributed by atoms with Crippen LogP contribution in [0.3, 0.4) is 0 Å². The fourth-order valence-corrected chi connectivity index (χ4v) is 4.53. The number of halogens is 1. The first-order chi connectivity index (χ1) is 10.9. The van der Waals surface area contributed by atoms with Crippen LogP contribution in [0.5, 0.6) is 0 Å². The van der Waals surface area contributed by atoms with E-state index in [0.717, 1.165) is 0 Å². The molecule has 2 heterocycles. The van der Waals surface area contributed by atoms with Crippen molar-refractivity contribution in [3.63, 3.8) is 0 Å². The summed E-state index contributed by atoms with van der Waals surface area (Å²) in [6, 6.07) is 0. The van der Waals surface area contributed by atoms with Gasteiger partial charge in [0.25, 0.3) is 0 Å². The second-order valence-corrected chi connectivity index (χ2v) is 7.56. The average Bonchev–Trinajstić information content (AvgIpc) is 2.73. The Labute approximate surface area is 148 Å². The maximum atomic E-state index is 12.8. The van der Waals surface area contributed by atoms with Crippen molar-refractivity contribution in [2.45, 2.75) is 38.0 Å². The molecule has 0 aliphatic carbocycles. The van der Waals surface area contributed by atoms with Gasteiger partial charge in [0.2, 0.25) is 15.9 Å². The van der Waals surface area contributed by atoms with Crippen LogP contribution in [-0.2, 0) is 14.8 Å². The van der Waals surface area contributed by atoms with E-state index in [2.05, 4.69) is 5.16 Å². The van der Waals surface area contributed by atoms with Crippen molar-refractivity contribution in [2.75, 3.05) is 32.7 Å². The molecule has 1 aromatic rings. The number of aromatic nitrogens is 1. The lowest BCUT2D eigenvalue weighted by molar-refractivity contribution is -0.131. The minimum atomic E-state index is -3.65. The van der Waals surface area contributed by atoms with Crippen LogP contribution in [0.25, 0.3) is 0 Å². The Balaban J connectivity index is 0.00000288. The van der Waals surface area contributed by atoms with E-state index in [0.29, 0.717) is 56.9 Å². The number of hydrogen-bond acceptors (Lipinski definition) is 6. The Hall–Kier alpha value is -1.16. The zero-order chi connectivity index (χ0) is 17.0. The smallest absolute Gasteiger partial charge is 0.248 e. The minimum Gasteiger partial charge on any atom is -0.360 e. The van der Waals surface area contributed by atoms with Gasteiger partial charge in [0.1, 0.15) is 10.6 Å². The fourth-order valence-electron chi connectivity index (χ4n) is 2.77. The van der Waals surface area contributed by atoms with Crippen LogP contribution in [0.15, 0.2) is 9.42 Å². The number of hydrogen-bond donors (Lipinski definition) is 1. The van der Waals surface area contributed by atoms with E-state index < -0.39 is 10.0 Å². The molecule has 0 atom stereocenters. The molecule has 1 aliphatic heterocycles. The third kappa shape index (κ3) is 4.47. The first kappa shape index (κ1) is 20.9. The van der Waals surface area contributed by atoms with E-state index in [-0.39, 0.29) is 29.8 Å². The monoisotopic (exact) mass is 380 g/mol. The van der Waals surface area contributed by atoms with Crippen molar-refractivity contribution in [2.24, 2.45) is 5.73 Å². The molecule has 1 fully saturated rings. The van der Waals surface area contributed by atoms with Crippen molar-refractivity contribution < 1.29 is 17.7 Å². The Morgan fingerprint density at radius 2 is 1.96 bits per heavy atom. The van der Waals surface area contributed by atoms with Gasteiger partial charge in [-0.2, -0.15) is 4.31 Å². The van der Waals surface area contributed by atoms with Gasteiger partial charge in [-0.15, -0.1) is 12.4 Å². The fraction of sp³-hybridized carbons (Fsp3) is 0.714. The molecule has 0 bridgehead atoms. The molecule has 0 unspecified atom stereocenters. The summed E-state index contributed by atoms with van der Waals surface area (Å²) < 4.78 is 32.0. The summed E-state index contributed by atoms with van der Waals surface area (Å²) in [7, 11) is -3.65. The summed E-state index contributed by atoms with van der Waals surface area (Å²) in [5.41, 5.74) is 5.79. The van der Waals surface area contributed by atoms with E-state index >= 15 is 0 Å². The molecule has 0 aromatic carbocycles. The molecule has 0 spiro atoms. The number of carbonyl (C=O) groups is 1. The average molecular weight is 381 g/mol. The molecule has 138 valence electrons. The Kier molecular flexibility index (Phi) is 7.65. The topological polar surface area (TPSA) is 110 Å².